The highest BCUT2D eigenvalue weighted by molar-refractivity contribution is 5.81. The molecule has 21 heavy (non-hydrogen) atoms. The summed E-state index contributed by atoms with van der Waals surface area (Å²) in [6, 6.07) is 8.62. The van der Waals surface area contributed by atoms with Crippen molar-refractivity contribution in [2.75, 3.05) is 6.54 Å². The minimum Gasteiger partial charge on any atom is -0.409 e. The highest BCUT2D eigenvalue weighted by Gasteiger charge is 2.31. The second kappa shape index (κ2) is 7.11. The Morgan fingerprint density at radius 1 is 1.33 bits per heavy atom. The van der Waals surface area contributed by atoms with E-state index < -0.39 is 0 Å². The van der Waals surface area contributed by atoms with Crippen molar-refractivity contribution >= 4 is 11.7 Å². The molecule has 0 aromatic heterocycles. The molecule has 3 N–H and O–H groups in total. The second-order valence-electron chi connectivity index (χ2n) is 5.65. The van der Waals surface area contributed by atoms with E-state index in [1.54, 1.807) is 0 Å². The lowest BCUT2D eigenvalue weighted by Crippen LogP contribution is -2.36. The predicted octanol–water partition coefficient (Wildman–Crippen LogP) is 2.06. The van der Waals surface area contributed by atoms with Crippen molar-refractivity contribution < 1.29 is 10.0 Å². The van der Waals surface area contributed by atoms with Crippen LogP contribution in [0.25, 0.3) is 0 Å². The van der Waals surface area contributed by atoms with Gasteiger partial charge in [0.05, 0.1) is 0 Å². The molecule has 1 aliphatic carbocycles. The zero-order valence-corrected chi connectivity index (χ0v) is 12.5. The average molecular weight is 289 g/mol. The molecule has 5 heteroatoms. The fourth-order valence-corrected chi connectivity index (χ4v) is 2.33. The van der Waals surface area contributed by atoms with Crippen LogP contribution in [0, 0.1) is 6.92 Å². The minimum absolute atomic E-state index is 0.156. The molecule has 0 aliphatic heterocycles. The Bertz CT molecular complexity index is 507. The number of benzene rings is 1. The van der Waals surface area contributed by atoms with Crippen molar-refractivity contribution in [2.24, 2.45) is 10.9 Å². The number of carbonyl (C=O) groups is 1. The van der Waals surface area contributed by atoms with Gasteiger partial charge in [-0.15, -0.1) is 0 Å². The number of nitrogens with zero attached hydrogens (tertiary/aromatic N) is 2. The van der Waals surface area contributed by atoms with E-state index in [1.165, 1.54) is 11.1 Å². The number of aryl methyl sites for hydroxylation is 2. The minimum atomic E-state index is 0.156. The molecule has 1 aliphatic rings. The van der Waals surface area contributed by atoms with Crippen LogP contribution in [0.2, 0.25) is 0 Å². The highest BCUT2D eigenvalue weighted by atomic mass is 16.4. The standard InChI is InChI=1S/C16H23N3O2/c1-12-2-4-13(5-3-12)6-9-16(20)19(14-7-8-14)11-10-15(17)18-21/h2-5,14,21H,6-11H2,1H3,(H2,17,18). The molecule has 114 valence electrons. The summed E-state index contributed by atoms with van der Waals surface area (Å²) in [4.78, 5) is 14.2. The van der Waals surface area contributed by atoms with Gasteiger partial charge in [-0.05, 0) is 31.7 Å². The van der Waals surface area contributed by atoms with Gasteiger partial charge in [0.15, 0.2) is 0 Å². The number of rotatable bonds is 7. The van der Waals surface area contributed by atoms with Gasteiger partial charge >= 0.3 is 0 Å². The third kappa shape index (κ3) is 4.77. The zero-order chi connectivity index (χ0) is 15.2. The molecule has 0 atom stereocenters. The predicted molar refractivity (Wildman–Crippen MR) is 82.3 cm³/mol. The van der Waals surface area contributed by atoms with Crippen LogP contribution in [0.5, 0.6) is 0 Å². The molecule has 1 fully saturated rings. The van der Waals surface area contributed by atoms with Crippen molar-refractivity contribution in [1.82, 2.24) is 4.90 Å². The van der Waals surface area contributed by atoms with Crippen LogP contribution in [-0.2, 0) is 11.2 Å². The van der Waals surface area contributed by atoms with Crippen molar-refractivity contribution in [1.29, 1.82) is 0 Å². The lowest BCUT2D eigenvalue weighted by atomic mass is 10.1. The summed E-state index contributed by atoms with van der Waals surface area (Å²) in [7, 11) is 0. The summed E-state index contributed by atoms with van der Waals surface area (Å²) >= 11 is 0. The summed E-state index contributed by atoms with van der Waals surface area (Å²) in [6.45, 7) is 2.59. The van der Waals surface area contributed by atoms with E-state index in [1.807, 2.05) is 4.90 Å². The molecule has 0 bridgehead atoms. The topological polar surface area (TPSA) is 78.9 Å². The Hall–Kier alpha value is -2.04. The van der Waals surface area contributed by atoms with E-state index in [0.29, 0.717) is 25.4 Å². The van der Waals surface area contributed by atoms with E-state index in [-0.39, 0.29) is 11.7 Å². The Morgan fingerprint density at radius 2 is 2.00 bits per heavy atom. The smallest absolute Gasteiger partial charge is 0.223 e. The molecule has 0 spiro atoms. The number of hydrogen-bond donors (Lipinski definition) is 2. The first kappa shape index (κ1) is 15.4. The van der Waals surface area contributed by atoms with E-state index in [0.717, 1.165) is 19.3 Å². The molecule has 0 heterocycles. The molecule has 0 radical (unpaired) electrons. The largest absolute Gasteiger partial charge is 0.409 e. The second-order valence-corrected chi connectivity index (χ2v) is 5.65. The monoisotopic (exact) mass is 289 g/mol. The quantitative estimate of drug-likeness (QED) is 0.349. The normalized spacial score (nSPS) is 15.0. The van der Waals surface area contributed by atoms with Gasteiger partial charge in [-0.3, -0.25) is 4.79 Å². The van der Waals surface area contributed by atoms with Gasteiger partial charge in [-0.1, -0.05) is 35.0 Å². The Kier molecular flexibility index (Phi) is 5.20. The Labute approximate surface area is 125 Å². The average Bonchev–Trinajstić information content (AvgIpc) is 3.31. The summed E-state index contributed by atoms with van der Waals surface area (Å²) in [6.07, 6.45) is 3.81. The molecule has 0 saturated heterocycles. The van der Waals surface area contributed by atoms with Gasteiger partial charge in [0.2, 0.25) is 5.91 Å². The van der Waals surface area contributed by atoms with Crippen molar-refractivity contribution in [2.45, 2.75) is 45.1 Å². The summed E-state index contributed by atoms with van der Waals surface area (Å²) in [5, 5.41) is 11.5. The lowest BCUT2D eigenvalue weighted by Gasteiger charge is -2.22. The summed E-state index contributed by atoms with van der Waals surface area (Å²) in [5.41, 5.74) is 7.89. The van der Waals surface area contributed by atoms with E-state index in [4.69, 9.17) is 10.9 Å². The third-order valence-corrected chi connectivity index (χ3v) is 3.79. The fourth-order valence-electron chi connectivity index (χ4n) is 2.33. The van der Waals surface area contributed by atoms with Crippen LogP contribution in [0.1, 0.15) is 36.8 Å². The van der Waals surface area contributed by atoms with E-state index >= 15 is 0 Å². The van der Waals surface area contributed by atoms with Crippen LogP contribution in [0.4, 0.5) is 0 Å². The molecule has 1 amide bonds. The molecule has 5 nitrogen and oxygen atoms in total. The maximum Gasteiger partial charge on any atom is 0.223 e. The molecule has 1 aromatic rings. The van der Waals surface area contributed by atoms with E-state index in [9.17, 15) is 4.79 Å². The number of hydrogen-bond acceptors (Lipinski definition) is 3. The number of carbonyl (C=O) groups excluding carboxylic acids is 1. The Morgan fingerprint density at radius 3 is 2.57 bits per heavy atom. The molecular weight excluding hydrogens is 266 g/mol. The molecular formula is C16H23N3O2. The summed E-state index contributed by atoms with van der Waals surface area (Å²) < 4.78 is 0. The number of nitrogens with two attached hydrogens (primary N) is 1. The van der Waals surface area contributed by atoms with Crippen LogP contribution >= 0.6 is 0 Å². The maximum absolute atomic E-state index is 12.3. The van der Waals surface area contributed by atoms with Crippen LogP contribution in [-0.4, -0.2) is 34.4 Å². The van der Waals surface area contributed by atoms with Gasteiger partial charge in [-0.25, -0.2) is 0 Å². The lowest BCUT2D eigenvalue weighted by molar-refractivity contribution is -0.131. The van der Waals surface area contributed by atoms with Crippen molar-refractivity contribution in [3.8, 4) is 0 Å². The van der Waals surface area contributed by atoms with Gasteiger partial charge in [0, 0.05) is 25.4 Å². The SMILES string of the molecule is Cc1ccc(CCC(=O)N(CCC(N)=NO)C2CC2)cc1. The fraction of sp³-hybridized carbons (Fsp3) is 0.500. The number of oxime groups is 1. The van der Waals surface area contributed by atoms with Gasteiger partial charge < -0.3 is 15.8 Å². The number of amides is 1. The molecule has 1 aromatic carbocycles. The first-order valence-corrected chi connectivity index (χ1v) is 7.41. The molecule has 2 rings (SSSR count). The van der Waals surface area contributed by atoms with E-state index in [2.05, 4.69) is 36.3 Å². The molecule has 0 unspecified atom stereocenters. The summed E-state index contributed by atoms with van der Waals surface area (Å²) in [5.74, 6) is 0.329. The number of amidine groups is 1. The van der Waals surface area contributed by atoms with Crippen LogP contribution in [0.15, 0.2) is 29.4 Å². The van der Waals surface area contributed by atoms with Crippen LogP contribution in [0.3, 0.4) is 0 Å². The maximum atomic E-state index is 12.3. The first-order valence-electron chi connectivity index (χ1n) is 7.41. The third-order valence-electron chi connectivity index (χ3n) is 3.79. The van der Waals surface area contributed by atoms with Gasteiger partial charge in [-0.2, -0.15) is 0 Å². The van der Waals surface area contributed by atoms with Gasteiger partial charge in [0.25, 0.3) is 0 Å². The Balaban J connectivity index is 1.85. The molecule has 1 saturated carbocycles. The van der Waals surface area contributed by atoms with Crippen molar-refractivity contribution in [3.63, 3.8) is 0 Å². The van der Waals surface area contributed by atoms with Crippen molar-refractivity contribution in [3.05, 3.63) is 35.4 Å². The van der Waals surface area contributed by atoms with Crippen LogP contribution < -0.4 is 5.73 Å². The first-order chi connectivity index (χ1) is 10.1. The highest BCUT2D eigenvalue weighted by Crippen LogP contribution is 2.27. The zero-order valence-electron chi connectivity index (χ0n) is 12.5. The van der Waals surface area contributed by atoms with Gasteiger partial charge in [0.1, 0.15) is 5.84 Å².